The monoisotopic (exact) mass is 326 g/mol. The average Bonchev–Trinajstić information content (AvgIpc) is 2.91. The first-order valence-electron chi connectivity index (χ1n) is 6.07. The fraction of sp³-hybridized carbons (Fsp3) is 0.231. The zero-order valence-corrected chi connectivity index (χ0v) is 13.1. The summed E-state index contributed by atoms with van der Waals surface area (Å²) in [5.41, 5.74) is 0.0506. The molecule has 0 fully saturated rings. The van der Waals surface area contributed by atoms with Crippen molar-refractivity contribution in [2.75, 3.05) is 11.6 Å². The van der Waals surface area contributed by atoms with Gasteiger partial charge in [-0.2, -0.15) is 0 Å². The number of nitro groups is 1. The van der Waals surface area contributed by atoms with Gasteiger partial charge in [-0.15, -0.1) is 11.3 Å². The second kappa shape index (κ2) is 5.82. The third kappa shape index (κ3) is 3.59. The molecular weight excluding hydrogens is 312 g/mol. The van der Waals surface area contributed by atoms with Crippen molar-refractivity contribution in [1.29, 1.82) is 0 Å². The molecule has 0 aliphatic heterocycles. The molecular formula is C13H14N2O4S2. The Labute approximate surface area is 126 Å². The highest BCUT2D eigenvalue weighted by Crippen LogP contribution is 2.31. The first-order chi connectivity index (χ1) is 9.79. The van der Waals surface area contributed by atoms with Crippen LogP contribution in [0, 0.1) is 10.1 Å². The molecule has 8 heteroatoms. The molecule has 2 rings (SSSR count). The molecule has 6 nitrogen and oxygen atoms in total. The Hall–Kier alpha value is -1.93. The number of benzene rings is 1. The van der Waals surface area contributed by atoms with Crippen molar-refractivity contribution in [1.82, 2.24) is 0 Å². The maximum Gasteiger partial charge on any atom is 0.293 e. The summed E-state index contributed by atoms with van der Waals surface area (Å²) in [4.78, 5) is 11.5. The summed E-state index contributed by atoms with van der Waals surface area (Å²) < 4.78 is 23.0. The molecule has 0 saturated carbocycles. The third-order valence-electron chi connectivity index (χ3n) is 2.94. The molecule has 0 radical (unpaired) electrons. The smallest absolute Gasteiger partial charge is 0.293 e. The molecule has 0 aliphatic rings. The van der Waals surface area contributed by atoms with Crippen LogP contribution >= 0.6 is 11.3 Å². The molecule has 1 heterocycles. The van der Waals surface area contributed by atoms with Crippen molar-refractivity contribution < 1.29 is 13.3 Å². The molecule has 0 bridgehead atoms. The van der Waals surface area contributed by atoms with E-state index in [1.54, 1.807) is 11.3 Å². The Morgan fingerprint density at radius 2 is 2.05 bits per heavy atom. The molecule has 2 aromatic rings. The fourth-order valence-electron chi connectivity index (χ4n) is 1.86. The minimum Gasteiger partial charge on any atom is -0.372 e. The van der Waals surface area contributed by atoms with Crippen molar-refractivity contribution in [2.45, 2.75) is 17.9 Å². The minimum absolute atomic E-state index is 0.0662. The summed E-state index contributed by atoms with van der Waals surface area (Å²) in [5.74, 6) is 0. The van der Waals surface area contributed by atoms with E-state index in [1.165, 1.54) is 12.1 Å². The molecule has 1 unspecified atom stereocenters. The SMILES string of the molecule is CC(Nc1ccc(S(C)(=O)=O)cc1[N+](=O)[O-])c1cccs1. The third-order valence-corrected chi connectivity index (χ3v) is 5.10. The van der Waals surface area contributed by atoms with Crippen molar-refractivity contribution in [3.8, 4) is 0 Å². The predicted molar refractivity (Wildman–Crippen MR) is 82.6 cm³/mol. The van der Waals surface area contributed by atoms with Crippen molar-refractivity contribution in [3.63, 3.8) is 0 Å². The molecule has 1 aromatic carbocycles. The summed E-state index contributed by atoms with van der Waals surface area (Å²) in [7, 11) is -3.48. The van der Waals surface area contributed by atoms with E-state index in [0.29, 0.717) is 5.69 Å². The number of nitro benzene ring substituents is 1. The maximum absolute atomic E-state index is 11.5. The molecule has 0 saturated heterocycles. The highest BCUT2D eigenvalue weighted by atomic mass is 32.2. The summed E-state index contributed by atoms with van der Waals surface area (Å²) >= 11 is 1.54. The van der Waals surface area contributed by atoms with Gasteiger partial charge in [0.2, 0.25) is 0 Å². The molecule has 112 valence electrons. The number of hydrogen-bond donors (Lipinski definition) is 1. The zero-order valence-electron chi connectivity index (χ0n) is 11.4. The Morgan fingerprint density at radius 1 is 1.33 bits per heavy atom. The van der Waals surface area contributed by atoms with E-state index in [4.69, 9.17) is 0 Å². The highest BCUT2D eigenvalue weighted by molar-refractivity contribution is 7.90. The Kier molecular flexibility index (Phi) is 4.29. The lowest BCUT2D eigenvalue weighted by Crippen LogP contribution is -2.08. The number of thiophene rings is 1. The van der Waals surface area contributed by atoms with Crippen LogP contribution in [0.25, 0.3) is 0 Å². The number of hydrogen-bond acceptors (Lipinski definition) is 6. The van der Waals surface area contributed by atoms with Gasteiger partial charge in [-0.05, 0) is 30.5 Å². The first-order valence-corrected chi connectivity index (χ1v) is 8.84. The number of nitrogens with one attached hydrogen (secondary N) is 1. The standard InChI is InChI=1S/C13H14N2O4S2/c1-9(13-4-3-7-20-13)14-11-6-5-10(21(2,18)19)8-12(11)15(16)17/h3-9,14H,1-2H3. The van der Waals surface area contributed by atoms with Gasteiger partial charge in [0.1, 0.15) is 5.69 Å². The first kappa shape index (κ1) is 15.5. The number of rotatable bonds is 5. The Bertz CT molecular complexity index is 754. The largest absolute Gasteiger partial charge is 0.372 e. The lowest BCUT2D eigenvalue weighted by molar-refractivity contribution is -0.384. The van der Waals surface area contributed by atoms with E-state index in [1.807, 2.05) is 24.4 Å². The van der Waals surface area contributed by atoms with Crippen LogP contribution in [0.4, 0.5) is 11.4 Å². The van der Waals surface area contributed by atoms with E-state index >= 15 is 0 Å². The molecule has 1 aromatic heterocycles. The zero-order chi connectivity index (χ0) is 15.6. The average molecular weight is 326 g/mol. The van der Waals surface area contributed by atoms with Gasteiger partial charge in [-0.25, -0.2) is 8.42 Å². The van der Waals surface area contributed by atoms with Crippen molar-refractivity contribution in [2.24, 2.45) is 0 Å². The summed E-state index contributed by atoms with van der Waals surface area (Å²) in [5, 5.41) is 16.1. The van der Waals surface area contributed by atoms with Gasteiger partial charge < -0.3 is 5.32 Å². The van der Waals surface area contributed by atoms with Crippen LogP contribution in [0.5, 0.6) is 0 Å². The number of nitrogens with zero attached hydrogens (tertiary/aromatic N) is 1. The number of anilines is 1. The summed E-state index contributed by atoms with van der Waals surface area (Å²) in [6.07, 6.45) is 1.02. The highest BCUT2D eigenvalue weighted by Gasteiger charge is 2.20. The predicted octanol–water partition coefficient (Wildman–Crippen LogP) is 3.23. The summed E-state index contributed by atoms with van der Waals surface area (Å²) in [6, 6.07) is 7.61. The molecule has 0 spiro atoms. The second-order valence-electron chi connectivity index (χ2n) is 4.59. The van der Waals surface area contributed by atoms with Crippen LogP contribution in [0.15, 0.2) is 40.6 Å². The van der Waals surface area contributed by atoms with Gasteiger partial charge in [0, 0.05) is 17.2 Å². The van der Waals surface area contributed by atoms with E-state index in [-0.39, 0.29) is 16.6 Å². The maximum atomic E-state index is 11.5. The van der Waals surface area contributed by atoms with E-state index in [2.05, 4.69) is 5.32 Å². The molecule has 1 N–H and O–H groups in total. The minimum atomic E-state index is -3.48. The lowest BCUT2D eigenvalue weighted by Gasteiger charge is -2.14. The van der Waals surface area contributed by atoms with Crippen LogP contribution in [0.2, 0.25) is 0 Å². The van der Waals surface area contributed by atoms with E-state index < -0.39 is 14.8 Å². The van der Waals surface area contributed by atoms with Crippen LogP contribution in [0.3, 0.4) is 0 Å². The Morgan fingerprint density at radius 3 is 2.57 bits per heavy atom. The van der Waals surface area contributed by atoms with Gasteiger partial charge in [0.15, 0.2) is 9.84 Å². The van der Waals surface area contributed by atoms with Crippen molar-refractivity contribution >= 4 is 32.5 Å². The molecule has 0 aliphatic carbocycles. The van der Waals surface area contributed by atoms with Crippen LogP contribution in [-0.2, 0) is 9.84 Å². The van der Waals surface area contributed by atoms with Gasteiger partial charge >= 0.3 is 0 Å². The fourth-order valence-corrected chi connectivity index (χ4v) is 3.23. The van der Waals surface area contributed by atoms with Crippen LogP contribution in [0.1, 0.15) is 17.8 Å². The van der Waals surface area contributed by atoms with Crippen LogP contribution < -0.4 is 5.32 Å². The topological polar surface area (TPSA) is 89.3 Å². The van der Waals surface area contributed by atoms with Crippen LogP contribution in [-0.4, -0.2) is 19.6 Å². The molecule has 21 heavy (non-hydrogen) atoms. The van der Waals surface area contributed by atoms with Gasteiger partial charge in [-0.1, -0.05) is 6.07 Å². The second-order valence-corrected chi connectivity index (χ2v) is 7.58. The lowest BCUT2D eigenvalue weighted by atomic mass is 10.2. The normalized spacial score (nSPS) is 12.9. The van der Waals surface area contributed by atoms with E-state index in [9.17, 15) is 18.5 Å². The quantitative estimate of drug-likeness (QED) is 0.673. The van der Waals surface area contributed by atoms with E-state index in [0.717, 1.165) is 17.2 Å². The molecule has 0 amide bonds. The van der Waals surface area contributed by atoms with Gasteiger partial charge in [0.25, 0.3) is 5.69 Å². The molecule has 1 atom stereocenters. The number of sulfone groups is 1. The van der Waals surface area contributed by atoms with Crippen molar-refractivity contribution in [3.05, 3.63) is 50.7 Å². The Balaban J connectivity index is 2.38. The summed E-state index contributed by atoms with van der Waals surface area (Å²) in [6.45, 7) is 1.89. The van der Waals surface area contributed by atoms with Gasteiger partial charge in [-0.3, -0.25) is 10.1 Å². The van der Waals surface area contributed by atoms with Gasteiger partial charge in [0.05, 0.1) is 15.9 Å².